The van der Waals surface area contributed by atoms with E-state index < -0.39 is 19.7 Å². The third-order valence-electron chi connectivity index (χ3n) is 9.72. The normalized spacial score (nSPS) is 12.0. The van der Waals surface area contributed by atoms with Gasteiger partial charge >= 0.3 is 0 Å². The van der Waals surface area contributed by atoms with Crippen LogP contribution in [0.1, 0.15) is 47.2 Å². The molecule has 0 bridgehead atoms. The SMILES string of the molecule is CCN(CC)P(OC(Cc1ccccc1)(Cc1ccccc1)Cc1ccccc1)OC(Cc1ccccc1)(Cc1ccccc1)Cc1ccccc1. The Hall–Kier alpha value is -4.37. The maximum atomic E-state index is 7.83. The van der Waals surface area contributed by atoms with E-state index in [9.17, 15) is 0 Å². The van der Waals surface area contributed by atoms with Gasteiger partial charge in [0.05, 0.1) is 11.2 Å². The van der Waals surface area contributed by atoms with Crippen molar-refractivity contribution in [2.75, 3.05) is 13.1 Å². The third kappa shape index (κ3) is 10.8. The lowest BCUT2D eigenvalue weighted by Crippen LogP contribution is -2.44. The van der Waals surface area contributed by atoms with Gasteiger partial charge in [-0.05, 0) is 33.4 Å². The molecule has 52 heavy (non-hydrogen) atoms. The van der Waals surface area contributed by atoms with Gasteiger partial charge in [-0.2, -0.15) is 0 Å². The fourth-order valence-electron chi connectivity index (χ4n) is 7.30. The van der Waals surface area contributed by atoms with Crippen molar-refractivity contribution in [2.45, 2.75) is 63.6 Å². The van der Waals surface area contributed by atoms with Crippen LogP contribution in [0.4, 0.5) is 0 Å². The number of rotatable bonds is 19. The van der Waals surface area contributed by atoms with Gasteiger partial charge in [0, 0.05) is 51.6 Å². The monoisotopic (exact) mass is 705 g/mol. The Balaban J connectivity index is 1.49. The van der Waals surface area contributed by atoms with Crippen molar-refractivity contribution >= 4 is 8.53 Å². The highest BCUT2D eigenvalue weighted by molar-refractivity contribution is 7.44. The summed E-state index contributed by atoms with van der Waals surface area (Å²) < 4.78 is 18.1. The van der Waals surface area contributed by atoms with E-state index in [0.717, 1.165) is 51.6 Å². The van der Waals surface area contributed by atoms with E-state index in [1.165, 1.54) is 33.4 Å². The average Bonchev–Trinajstić information content (AvgIpc) is 3.17. The zero-order valence-electron chi connectivity index (χ0n) is 30.7. The van der Waals surface area contributed by atoms with Crippen LogP contribution in [0.5, 0.6) is 0 Å². The average molecular weight is 706 g/mol. The summed E-state index contributed by atoms with van der Waals surface area (Å²) >= 11 is 0. The lowest BCUT2D eigenvalue weighted by atomic mass is 9.83. The first-order chi connectivity index (χ1) is 25.6. The van der Waals surface area contributed by atoms with E-state index in [4.69, 9.17) is 9.05 Å². The van der Waals surface area contributed by atoms with Gasteiger partial charge in [-0.1, -0.05) is 196 Å². The van der Waals surface area contributed by atoms with Crippen molar-refractivity contribution < 1.29 is 9.05 Å². The summed E-state index contributed by atoms with van der Waals surface area (Å²) in [6, 6.07) is 65.1. The van der Waals surface area contributed by atoms with Gasteiger partial charge in [-0.3, -0.25) is 0 Å². The van der Waals surface area contributed by atoms with Crippen molar-refractivity contribution in [1.29, 1.82) is 0 Å². The van der Waals surface area contributed by atoms with E-state index in [0.29, 0.717) is 0 Å². The topological polar surface area (TPSA) is 21.7 Å². The highest BCUT2D eigenvalue weighted by Crippen LogP contribution is 2.53. The van der Waals surface area contributed by atoms with Crippen LogP contribution in [-0.2, 0) is 47.6 Å². The fraction of sp³-hybridized carbons (Fsp3) is 0.250. The van der Waals surface area contributed by atoms with Crippen LogP contribution in [0.15, 0.2) is 182 Å². The first kappa shape index (κ1) is 37.4. The summed E-state index contributed by atoms with van der Waals surface area (Å²) in [7, 11) is -1.54. The van der Waals surface area contributed by atoms with Crippen LogP contribution in [0, 0.1) is 0 Å². The Labute approximate surface area is 313 Å². The molecule has 3 nitrogen and oxygen atoms in total. The molecule has 0 saturated heterocycles. The molecule has 0 heterocycles. The molecule has 0 fully saturated rings. The van der Waals surface area contributed by atoms with E-state index in [2.05, 4.69) is 201 Å². The number of nitrogens with zero attached hydrogens (tertiary/aromatic N) is 1. The molecule has 0 aromatic heterocycles. The molecule has 0 unspecified atom stereocenters. The van der Waals surface area contributed by atoms with Gasteiger partial charge in [-0.15, -0.1) is 0 Å². The molecule has 0 atom stereocenters. The van der Waals surface area contributed by atoms with E-state index >= 15 is 0 Å². The summed E-state index contributed by atoms with van der Waals surface area (Å²) in [6.45, 7) is 6.09. The lowest BCUT2D eigenvalue weighted by molar-refractivity contribution is 0.00326. The first-order valence-corrected chi connectivity index (χ1v) is 19.9. The second kappa shape index (κ2) is 18.9. The molecule has 0 spiro atoms. The van der Waals surface area contributed by atoms with Crippen LogP contribution in [-0.4, -0.2) is 29.0 Å². The summed E-state index contributed by atoms with van der Waals surface area (Å²) in [6.07, 6.45) is 4.52. The van der Waals surface area contributed by atoms with Crippen LogP contribution in [0.3, 0.4) is 0 Å². The molecule has 6 aromatic rings. The third-order valence-corrected chi connectivity index (χ3v) is 11.8. The predicted molar refractivity (Wildman–Crippen MR) is 218 cm³/mol. The zero-order chi connectivity index (χ0) is 35.9. The Morgan fingerprint density at radius 2 is 0.538 bits per heavy atom. The summed E-state index contributed by atoms with van der Waals surface area (Å²) in [4.78, 5) is 0. The van der Waals surface area contributed by atoms with Crippen molar-refractivity contribution in [3.8, 4) is 0 Å². The van der Waals surface area contributed by atoms with Crippen LogP contribution in [0.25, 0.3) is 0 Å². The van der Waals surface area contributed by atoms with E-state index in [1.54, 1.807) is 0 Å². The van der Waals surface area contributed by atoms with Crippen molar-refractivity contribution in [3.05, 3.63) is 215 Å². The largest absolute Gasteiger partial charge is 0.314 e. The van der Waals surface area contributed by atoms with Crippen LogP contribution < -0.4 is 0 Å². The number of hydrogen-bond acceptors (Lipinski definition) is 3. The molecule has 0 aliphatic rings. The summed E-state index contributed by atoms with van der Waals surface area (Å²) in [5.74, 6) is 0. The van der Waals surface area contributed by atoms with Crippen molar-refractivity contribution in [1.82, 2.24) is 4.67 Å². The van der Waals surface area contributed by atoms with Gasteiger partial charge in [-0.25, -0.2) is 4.67 Å². The van der Waals surface area contributed by atoms with Crippen LogP contribution >= 0.6 is 8.53 Å². The summed E-state index contributed by atoms with van der Waals surface area (Å²) in [5, 5.41) is 0. The van der Waals surface area contributed by atoms with Gasteiger partial charge in [0.25, 0.3) is 8.53 Å². The van der Waals surface area contributed by atoms with Crippen LogP contribution in [0.2, 0.25) is 0 Å². The van der Waals surface area contributed by atoms with Gasteiger partial charge < -0.3 is 9.05 Å². The molecule has 266 valence electrons. The van der Waals surface area contributed by atoms with E-state index in [1.807, 2.05) is 0 Å². The van der Waals surface area contributed by atoms with E-state index in [-0.39, 0.29) is 0 Å². The molecule has 0 aliphatic carbocycles. The molecule has 6 rings (SSSR count). The maximum absolute atomic E-state index is 7.83. The molecule has 0 amide bonds. The molecule has 0 aliphatic heterocycles. The van der Waals surface area contributed by atoms with Gasteiger partial charge in [0.2, 0.25) is 0 Å². The molecule has 0 saturated carbocycles. The second-order valence-corrected chi connectivity index (χ2v) is 15.3. The molecule has 4 heteroatoms. The van der Waals surface area contributed by atoms with Crippen molar-refractivity contribution in [2.24, 2.45) is 0 Å². The molecular formula is C48H52NO2P. The smallest absolute Gasteiger partial charge is 0.259 e. The fourth-order valence-corrected chi connectivity index (χ4v) is 9.08. The Morgan fingerprint density at radius 3 is 0.712 bits per heavy atom. The molecule has 0 radical (unpaired) electrons. The Morgan fingerprint density at radius 1 is 0.346 bits per heavy atom. The number of benzene rings is 6. The first-order valence-electron chi connectivity index (χ1n) is 18.7. The molecule has 6 aromatic carbocycles. The summed E-state index contributed by atoms with van der Waals surface area (Å²) in [5.41, 5.74) is 6.37. The minimum Gasteiger partial charge on any atom is -0.314 e. The standard InChI is InChI=1S/C48H52NO2P/c1-3-49(4-2)52(50-47(35-41-23-11-5-12-24-41,36-42-25-13-6-14-26-42)37-43-27-15-7-16-28-43)51-48(38-44-29-17-8-18-30-44,39-45-31-19-9-20-32-45)40-46-33-21-10-22-34-46/h5-34H,3-4,35-40H2,1-2H3. The molecule has 0 N–H and O–H groups in total. The second-order valence-electron chi connectivity index (χ2n) is 13.9. The minimum atomic E-state index is -1.54. The predicted octanol–water partition coefficient (Wildman–Crippen LogP) is 11.5. The van der Waals surface area contributed by atoms with Gasteiger partial charge in [0.15, 0.2) is 0 Å². The minimum absolute atomic E-state index is 0.587. The molecular weight excluding hydrogens is 654 g/mol. The van der Waals surface area contributed by atoms with Crippen molar-refractivity contribution in [3.63, 3.8) is 0 Å². The number of hydrogen-bond donors (Lipinski definition) is 0. The quantitative estimate of drug-likeness (QED) is 0.0783. The maximum Gasteiger partial charge on any atom is 0.259 e. The lowest BCUT2D eigenvalue weighted by Gasteiger charge is -2.44. The van der Waals surface area contributed by atoms with Gasteiger partial charge in [0.1, 0.15) is 0 Å². The highest BCUT2D eigenvalue weighted by Gasteiger charge is 2.43. The highest BCUT2D eigenvalue weighted by atomic mass is 31.2. The Bertz CT molecular complexity index is 1510. The Kier molecular flexibility index (Phi) is 13.6. The zero-order valence-corrected chi connectivity index (χ0v) is 31.6.